The maximum absolute atomic E-state index is 13.8. The van der Waals surface area contributed by atoms with Crippen LogP contribution in [0.2, 0.25) is 0 Å². The maximum atomic E-state index is 13.8. The zero-order chi connectivity index (χ0) is 14.6. The van der Waals surface area contributed by atoms with E-state index in [9.17, 15) is 4.39 Å². The van der Waals surface area contributed by atoms with Gasteiger partial charge in [-0.25, -0.2) is 9.37 Å². The van der Waals surface area contributed by atoms with Crippen molar-refractivity contribution in [2.75, 3.05) is 12.8 Å². The summed E-state index contributed by atoms with van der Waals surface area (Å²) in [6.45, 7) is 0.895. The molecule has 2 fully saturated rings. The first-order chi connectivity index (χ1) is 10.2. The van der Waals surface area contributed by atoms with Crippen LogP contribution in [0.15, 0.2) is 12.1 Å². The summed E-state index contributed by atoms with van der Waals surface area (Å²) in [6.07, 6.45) is 5.36. The molecule has 0 amide bonds. The number of methoxy groups -OCH3 is 1. The van der Waals surface area contributed by atoms with Crippen LogP contribution in [0.4, 0.5) is 10.3 Å². The van der Waals surface area contributed by atoms with Gasteiger partial charge in [-0.05, 0) is 43.4 Å². The number of fused-ring (bicyclic) bond motifs is 1. The molecule has 112 valence electrons. The third kappa shape index (κ3) is 2.24. The monoisotopic (exact) mass is 289 g/mol. The highest BCUT2D eigenvalue weighted by Gasteiger charge is 2.41. The topological polar surface area (TPSA) is 53.1 Å². The van der Waals surface area contributed by atoms with Gasteiger partial charge < -0.3 is 15.0 Å². The molecule has 0 radical (unpaired) electrons. The van der Waals surface area contributed by atoms with Gasteiger partial charge in [0, 0.05) is 18.7 Å². The van der Waals surface area contributed by atoms with E-state index in [0.717, 1.165) is 23.9 Å². The molecule has 2 N–H and O–H groups in total. The lowest BCUT2D eigenvalue weighted by Gasteiger charge is -2.17. The average Bonchev–Trinajstić information content (AvgIpc) is 3.35. The van der Waals surface area contributed by atoms with Crippen LogP contribution in [-0.2, 0) is 6.54 Å². The zero-order valence-corrected chi connectivity index (χ0v) is 12.2. The van der Waals surface area contributed by atoms with E-state index in [2.05, 4.69) is 4.98 Å². The summed E-state index contributed by atoms with van der Waals surface area (Å²) >= 11 is 0. The van der Waals surface area contributed by atoms with Crippen LogP contribution >= 0.6 is 0 Å². The van der Waals surface area contributed by atoms with Crippen molar-refractivity contribution < 1.29 is 9.13 Å². The number of hydrogen-bond donors (Lipinski definition) is 1. The van der Waals surface area contributed by atoms with E-state index in [1.807, 2.05) is 4.57 Å². The summed E-state index contributed by atoms with van der Waals surface area (Å²) in [6, 6.07) is 3.12. The standard InChI is InChI=1S/C16H20FN3O/c1-21-15-7-14-13(6-12(15)17)19-16(18)20(14)8-11(9-2-3-9)10-4-5-10/h6-7,9-11H,2-5,8H2,1H3,(H2,18,19). The average molecular weight is 289 g/mol. The highest BCUT2D eigenvalue weighted by atomic mass is 19.1. The third-order valence-electron chi connectivity index (χ3n) is 4.90. The van der Waals surface area contributed by atoms with E-state index in [-0.39, 0.29) is 5.75 Å². The van der Waals surface area contributed by atoms with Crippen molar-refractivity contribution in [3.8, 4) is 5.75 Å². The summed E-state index contributed by atoms with van der Waals surface area (Å²) in [5, 5.41) is 0. The molecule has 4 nitrogen and oxygen atoms in total. The Morgan fingerprint density at radius 1 is 1.33 bits per heavy atom. The molecule has 4 rings (SSSR count). The zero-order valence-electron chi connectivity index (χ0n) is 12.2. The third-order valence-corrected chi connectivity index (χ3v) is 4.90. The fraction of sp³-hybridized carbons (Fsp3) is 0.562. The second-order valence-corrected chi connectivity index (χ2v) is 6.39. The highest BCUT2D eigenvalue weighted by molar-refractivity contribution is 5.80. The number of ether oxygens (including phenoxy) is 1. The van der Waals surface area contributed by atoms with Crippen molar-refractivity contribution >= 4 is 17.0 Å². The molecule has 5 heteroatoms. The Morgan fingerprint density at radius 2 is 2.00 bits per heavy atom. The van der Waals surface area contributed by atoms with E-state index in [1.54, 1.807) is 6.07 Å². The number of anilines is 1. The largest absolute Gasteiger partial charge is 0.494 e. The molecule has 0 bridgehead atoms. The van der Waals surface area contributed by atoms with Gasteiger partial charge in [0.1, 0.15) is 0 Å². The summed E-state index contributed by atoms with van der Waals surface area (Å²) in [5.74, 6) is 2.71. The van der Waals surface area contributed by atoms with E-state index in [1.165, 1.54) is 38.9 Å². The van der Waals surface area contributed by atoms with Gasteiger partial charge in [0.25, 0.3) is 0 Å². The number of hydrogen-bond acceptors (Lipinski definition) is 3. The van der Waals surface area contributed by atoms with E-state index in [0.29, 0.717) is 17.4 Å². The van der Waals surface area contributed by atoms with Gasteiger partial charge in [0.15, 0.2) is 11.6 Å². The second kappa shape index (κ2) is 4.61. The van der Waals surface area contributed by atoms with Crippen molar-refractivity contribution in [1.82, 2.24) is 9.55 Å². The van der Waals surface area contributed by atoms with Crippen LogP contribution in [0.25, 0.3) is 11.0 Å². The predicted octanol–water partition coefficient (Wildman–Crippen LogP) is 3.20. The van der Waals surface area contributed by atoms with Crippen LogP contribution in [-0.4, -0.2) is 16.7 Å². The SMILES string of the molecule is COc1cc2c(cc1F)nc(N)n2CC(C1CC1)C1CC1. The van der Waals surface area contributed by atoms with Crippen LogP contribution in [0.3, 0.4) is 0 Å². The first kappa shape index (κ1) is 12.9. The van der Waals surface area contributed by atoms with Gasteiger partial charge in [-0.1, -0.05) is 0 Å². The highest BCUT2D eigenvalue weighted by Crippen LogP contribution is 2.50. The fourth-order valence-electron chi connectivity index (χ4n) is 3.44. The molecule has 0 aliphatic heterocycles. The van der Waals surface area contributed by atoms with Gasteiger partial charge >= 0.3 is 0 Å². The Labute approximate surface area is 123 Å². The van der Waals surface area contributed by atoms with Gasteiger partial charge in [-0.15, -0.1) is 0 Å². The van der Waals surface area contributed by atoms with E-state index < -0.39 is 5.82 Å². The molecule has 2 saturated carbocycles. The van der Waals surface area contributed by atoms with Crippen molar-refractivity contribution in [2.24, 2.45) is 17.8 Å². The molecular formula is C16H20FN3O. The van der Waals surface area contributed by atoms with E-state index >= 15 is 0 Å². The molecule has 2 aliphatic rings. The van der Waals surface area contributed by atoms with Crippen molar-refractivity contribution in [2.45, 2.75) is 32.2 Å². The molecule has 0 spiro atoms. The molecule has 1 aromatic heterocycles. The van der Waals surface area contributed by atoms with Crippen LogP contribution in [0, 0.1) is 23.6 Å². The van der Waals surface area contributed by atoms with Crippen LogP contribution < -0.4 is 10.5 Å². The summed E-state index contributed by atoms with van der Waals surface area (Å²) in [7, 11) is 1.48. The van der Waals surface area contributed by atoms with Crippen molar-refractivity contribution in [3.05, 3.63) is 17.9 Å². The number of nitrogen functional groups attached to an aromatic ring is 1. The minimum atomic E-state index is -0.393. The lowest BCUT2D eigenvalue weighted by atomic mass is 9.98. The van der Waals surface area contributed by atoms with Crippen LogP contribution in [0.1, 0.15) is 25.7 Å². The lowest BCUT2D eigenvalue weighted by molar-refractivity contribution is 0.354. The second-order valence-electron chi connectivity index (χ2n) is 6.39. The number of aromatic nitrogens is 2. The molecular weight excluding hydrogens is 269 g/mol. The maximum Gasteiger partial charge on any atom is 0.201 e. The predicted molar refractivity (Wildman–Crippen MR) is 79.6 cm³/mol. The minimum absolute atomic E-state index is 0.248. The molecule has 0 unspecified atom stereocenters. The number of nitrogens with zero attached hydrogens (tertiary/aromatic N) is 2. The molecule has 1 aromatic carbocycles. The van der Waals surface area contributed by atoms with Crippen molar-refractivity contribution in [3.63, 3.8) is 0 Å². The number of rotatable bonds is 5. The van der Waals surface area contributed by atoms with Gasteiger partial charge in [-0.3, -0.25) is 0 Å². The Kier molecular flexibility index (Phi) is 2.84. The summed E-state index contributed by atoms with van der Waals surface area (Å²) < 4.78 is 20.9. The Bertz CT molecular complexity index is 676. The lowest BCUT2D eigenvalue weighted by Crippen LogP contribution is -2.16. The molecule has 1 heterocycles. The molecule has 2 aliphatic carbocycles. The van der Waals surface area contributed by atoms with Crippen LogP contribution in [0.5, 0.6) is 5.75 Å². The first-order valence-electron chi connectivity index (χ1n) is 7.66. The normalized spacial score (nSPS) is 18.6. The summed E-state index contributed by atoms with van der Waals surface area (Å²) in [5.41, 5.74) is 7.55. The first-order valence-corrected chi connectivity index (χ1v) is 7.66. The fourth-order valence-corrected chi connectivity index (χ4v) is 3.44. The molecule has 21 heavy (non-hydrogen) atoms. The quantitative estimate of drug-likeness (QED) is 0.919. The number of imidazole rings is 1. The van der Waals surface area contributed by atoms with Gasteiger partial charge in [0.05, 0.1) is 18.1 Å². The molecule has 0 atom stereocenters. The summed E-state index contributed by atoms with van der Waals surface area (Å²) in [4.78, 5) is 4.31. The number of halogens is 1. The minimum Gasteiger partial charge on any atom is -0.494 e. The Balaban J connectivity index is 1.74. The number of benzene rings is 1. The van der Waals surface area contributed by atoms with E-state index in [4.69, 9.17) is 10.5 Å². The Hall–Kier alpha value is -1.78. The number of nitrogens with two attached hydrogens (primary N) is 1. The Morgan fingerprint density at radius 3 is 2.57 bits per heavy atom. The molecule has 0 saturated heterocycles. The van der Waals surface area contributed by atoms with Gasteiger partial charge in [0.2, 0.25) is 5.95 Å². The molecule has 2 aromatic rings. The van der Waals surface area contributed by atoms with Gasteiger partial charge in [-0.2, -0.15) is 0 Å². The van der Waals surface area contributed by atoms with Crippen molar-refractivity contribution in [1.29, 1.82) is 0 Å². The smallest absolute Gasteiger partial charge is 0.201 e.